The Labute approximate surface area is 156 Å². The fourth-order valence-electron chi connectivity index (χ4n) is 4.03. The van der Waals surface area contributed by atoms with Gasteiger partial charge in [-0.2, -0.15) is 4.31 Å². The van der Waals surface area contributed by atoms with E-state index in [4.69, 9.17) is 0 Å². The third-order valence-electron chi connectivity index (χ3n) is 5.29. The number of piperidine rings is 1. The first-order valence-electron chi connectivity index (χ1n) is 9.41. The van der Waals surface area contributed by atoms with Crippen LogP contribution in [0.5, 0.6) is 0 Å². The molecule has 0 radical (unpaired) electrons. The lowest BCUT2D eigenvalue weighted by molar-refractivity contribution is -0.135. The van der Waals surface area contributed by atoms with Gasteiger partial charge in [-0.15, -0.1) is 0 Å². The zero-order valence-electron chi connectivity index (χ0n) is 15.7. The number of hydrogen-bond acceptors (Lipinski definition) is 4. The molecule has 0 aliphatic carbocycles. The van der Waals surface area contributed by atoms with Crippen molar-refractivity contribution < 1.29 is 13.2 Å². The number of piperazine rings is 1. The molecule has 0 aromatic heterocycles. The molecule has 0 N–H and O–H groups in total. The summed E-state index contributed by atoms with van der Waals surface area (Å²) < 4.78 is 26.9. The Kier molecular flexibility index (Phi) is 5.99. The van der Waals surface area contributed by atoms with Crippen molar-refractivity contribution in [1.82, 2.24) is 14.1 Å². The summed E-state index contributed by atoms with van der Waals surface area (Å²) in [5.74, 6) is 1.27. The van der Waals surface area contributed by atoms with Crippen LogP contribution < -0.4 is 0 Å². The number of likely N-dealkylation sites (tertiary alicyclic amines) is 1. The molecule has 144 valence electrons. The van der Waals surface area contributed by atoms with Crippen molar-refractivity contribution in [2.45, 2.75) is 25.2 Å². The molecular weight excluding hydrogens is 350 g/mol. The minimum absolute atomic E-state index is 0.169. The summed E-state index contributed by atoms with van der Waals surface area (Å²) in [6.45, 7) is 8.50. The van der Waals surface area contributed by atoms with Gasteiger partial charge in [0.1, 0.15) is 0 Å². The van der Waals surface area contributed by atoms with E-state index in [1.54, 1.807) is 24.3 Å². The molecule has 1 amide bonds. The number of amides is 1. The monoisotopic (exact) mass is 379 g/mol. The zero-order valence-corrected chi connectivity index (χ0v) is 16.5. The topological polar surface area (TPSA) is 60.9 Å². The number of carbonyl (C=O) groups is 1. The molecule has 7 heteroatoms. The summed E-state index contributed by atoms with van der Waals surface area (Å²) in [5, 5.41) is 0. The molecule has 6 nitrogen and oxygen atoms in total. The fraction of sp³-hybridized carbons (Fsp3) is 0.632. The van der Waals surface area contributed by atoms with Crippen molar-refractivity contribution in [3.63, 3.8) is 0 Å². The van der Waals surface area contributed by atoms with E-state index < -0.39 is 10.0 Å². The first-order chi connectivity index (χ1) is 12.4. The van der Waals surface area contributed by atoms with Crippen molar-refractivity contribution >= 4 is 15.9 Å². The Bertz CT molecular complexity index is 705. The van der Waals surface area contributed by atoms with Gasteiger partial charge in [-0.05, 0) is 30.4 Å². The molecule has 26 heavy (non-hydrogen) atoms. The lowest BCUT2D eigenvalue weighted by atomic mass is 9.92. The average molecular weight is 380 g/mol. The predicted molar refractivity (Wildman–Crippen MR) is 101 cm³/mol. The van der Waals surface area contributed by atoms with Crippen LogP contribution in [-0.2, 0) is 14.8 Å². The maximum Gasteiger partial charge on any atom is 0.243 e. The van der Waals surface area contributed by atoms with Gasteiger partial charge in [-0.3, -0.25) is 9.69 Å². The second-order valence-electron chi connectivity index (χ2n) is 7.74. The minimum atomic E-state index is -3.44. The molecule has 3 rings (SSSR count). The van der Waals surface area contributed by atoms with Gasteiger partial charge >= 0.3 is 0 Å². The third-order valence-corrected chi connectivity index (χ3v) is 7.21. The molecule has 0 saturated carbocycles. The molecule has 0 bridgehead atoms. The van der Waals surface area contributed by atoms with Crippen LogP contribution in [0.1, 0.15) is 20.3 Å². The molecule has 2 aliphatic rings. The van der Waals surface area contributed by atoms with Crippen molar-refractivity contribution in [3.8, 4) is 0 Å². The van der Waals surface area contributed by atoms with Crippen LogP contribution in [0.2, 0.25) is 0 Å². The summed E-state index contributed by atoms with van der Waals surface area (Å²) in [6.07, 6.45) is 1.18. The largest absolute Gasteiger partial charge is 0.341 e. The van der Waals surface area contributed by atoms with E-state index in [2.05, 4.69) is 18.7 Å². The van der Waals surface area contributed by atoms with Crippen LogP contribution >= 0.6 is 0 Å². The summed E-state index contributed by atoms with van der Waals surface area (Å²) in [5.41, 5.74) is 0. The Hall–Kier alpha value is -1.44. The van der Waals surface area contributed by atoms with Gasteiger partial charge in [0, 0.05) is 39.3 Å². The van der Waals surface area contributed by atoms with E-state index in [-0.39, 0.29) is 5.91 Å². The molecule has 1 aromatic carbocycles. The van der Waals surface area contributed by atoms with E-state index in [1.807, 2.05) is 11.0 Å². The Morgan fingerprint density at radius 2 is 1.58 bits per heavy atom. The molecule has 1 aromatic rings. The third kappa shape index (κ3) is 4.45. The van der Waals surface area contributed by atoms with Crippen LogP contribution in [0.3, 0.4) is 0 Å². The Balaban J connectivity index is 1.53. The summed E-state index contributed by atoms with van der Waals surface area (Å²) >= 11 is 0. The summed E-state index contributed by atoms with van der Waals surface area (Å²) in [4.78, 5) is 17.0. The Morgan fingerprint density at radius 3 is 2.15 bits per heavy atom. The van der Waals surface area contributed by atoms with Gasteiger partial charge in [-0.1, -0.05) is 32.0 Å². The molecule has 2 unspecified atom stereocenters. The smallest absolute Gasteiger partial charge is 0.243 e. The van der Waals surface area contributed by atoms with Crippen LogP contribution in [0.25, 0.3) is 0 Å². The molecule has 2 atom stereocenters. The highest BCUT2D eigenvalue weighted by molar-refractivity contribution is 7.89. The van der Waals surface area contributed by atoms with E-state index >= 15 is 0 Å². The number of hydrogen-bond donors (Lipinski definition) is 0. The lowest BCUT2D eigenvalue weighted by Crippen LogP contribution is -2.52. The van der Waals surface area contributed by atoms with E-state index in [0.29, 0.717) is 49.5 Å². The standard InChI is InChI=1S/C19H29N3O3S/c1-16-12-17(2)14-21(13-16)19(23)15-20-8-10-22(11-9-20)26(24,25)18-6-4-3-5-7-18/h3-7,16-17H,8-15H2,1-2H3. The van der Waals surface area contributed by atoms with E-state index in [1.165, 1.54) is 10.7 Å². The quantitative estimate of drug-likeness (QED) is 0.795. The first-order valence-corrected chi connectivity index (χ1v) is 10.9. The Morgan fingerprint density at radius 1 is 1.00 bits per heavy atom. The van der Waals surface area contributed by atoms with Gasteiger partial charge in [0.25, 0.3) is 0 Å². The summed E-state index contributed by atoms with van der Waals surface area (Å²) in [7, 11) is -3.44. The maximum absolute atomic E-state index is 12.7. The number of nitrogens with zero attached hydrogens (tertiary/aromatic N) is 3. The van der Waals surface area contributed by atoms with Crippen LogP contribution in [0.15, 0.2) is 35.2 Å². The number of carbonyl (C=O) groups excluding carboxylic acids is 1. The van der Waals surface area contributed by atoms with E-state index in [9.17, 15) is 13.2 Å². The van der Waals surface area contributed by atoms with Crippen LogP contribution in [0, 0.1) is 11.8 Å². The zero-order chi connectivity index (χ0) is 18.7. The molecule has 2 heterocycles. The van der Waals surface area contributed by atoms with E-state index in [0.717, 1.165) is 13.1 Å². The fourth-order valence-corrected chi connectivity index (χ4v) is 5.47. The highest BCUT2D eigenvalue weighted by atomic mass is 32.2. The predicted octanol–water partition coefficient (Wildman–Crippen LogP) is 1.50. The van der Waals surface area contributed by atoms with Gasteiger partial charge < -0.3 is 4.90 Å². The lowest BCUT2D eigenvalue weighted by Gasteiger charge is -2.38. The molecule has 0 spiro atoms. The highest BCUT2D eigenvalue weighted by Gasteiger charge is 2.31. The second kappa shape index (κ2) is 8.06. The molecule has 2 saturated heterocycles. The van der Waals surface area contributed by atoms with Gasteiger partial charge in [-0.25, -0.2) is 8.42 Å². The van der Waals surface area contributed by atoms with Gasteiger partial charge in [0.05, 0.1) is 11.4 Å². The van der Waals surface area contributed by atoms with Gasteiger partial charge in [0.15, 0.2) is 0 Å². The number of rotatable bonds is 4. The molecule has 2 fully saturated rings. The normalized spacial score (nSPS) is 26.0. The summed E-state index contributed by atoms with van der Waals surface area (Å²) in [6, 6.07) is 8.55. The van der Waals surface area contributed by atoms with Gasteiger partial charge in [0.2, 0.25) is 15.9 Å². The molecule has 2 aliphatic heterocycles. The van der Waals surface area contributed by atoms with Crippen molar-refractivity contribution in [1.29, 1.82) is 0 Å². The first kappa shape index (κ1) is 19.3. The van der Waals surface area contributed by atoms with Crippen molar-refractivity contribution in [2.75, 3.05) is 45.8 Å². The maximum atomic E-state index is 12.7. The van der Waals surface area contributed by atoms with Crippen LogP contribution in [0.4, 0.5) is 0 Å². The number of sulfonamides is 1. The SMILES string of the molecule is CC1CC(C)CN(C(=O)CN2CCN(S(=O)(=O)c3ccccc3)CC2)C1. The average Bonchev–Trinajstić information content (AvgIpc) is 2.62. The van der Waals surface area contributed by atoms with Crippen molar-refractivity contribution in [3.05, 3.63) is 30.3 Å². The second-order valence-corrected chi connectivity index (χ2v) is 9.68. The number of benzene rings is 1. The highest BCUT2D eigenvalue weighted by Crippen LogP contribution is 2.21. The van der Waals surface area contributed by atoms with Crippen LogP contribution in [-0.4, -0.2) is 74.2 Å². The van der Waals surface area contributed by atoms with Crippen molar-refractivity contribution in [2.24, 2.45) is 11.8 Å². The molecular formula is C19H29N3O3S. The minimum Gasteiger partial charge on any atom is -0.341 e.